The number of hydrogen-bond acceptors (Lipinski definition) is 4. The van der Waals surface area contributed by atoms with Crippen molar-refractivity contribution in [3.8, 4) is 0 Å². The van der Waals surface area contributed by atoms with E-state index in [9.17, 15) is 9.90 Å². The zero-order chi connectivity index (χ0) is 10.5. The highest BCUT2D eigenvalue weighted by Crippen LogP contribution is 2.13. The standard InChI is InChI=1S/C8H17NO3S/c1-8(2,12)3-4-13-5-6(9)7(10)11/h6,12H,3-5,9H2,1-2H3,(H,10,11)/t6-/m1/s1. The van der Waals surface area contributed by atoms with Crippen LogP contribution in [0.4, 0.5) is 0 Å². The Kier molecular flexibility index (Phi) is 5.36. The number of hydrogen-bond donors (Lipinski definition) is 3. The zero-order valence-electron chi connectivity index (χ0n) is 7.99. The van der Waals surface area contributed by atoms with Crippen LogP contribution in [0.15, 0.2) is 0 Å². The van der Waals surface area contributed by atoms with Gasteiger partial charge in [0.05, 0.1) is 5.60 Å². The maximum Gasteiger partial charge on any atom is 0.321 e. The molecule has 0 aromatic heterocycles. The molecule has 0 fully saturated rings. The van der Waals surface area contributed by atoms with Gasteiger partial charge in [-0.2, -0.15) is 11.8 Å². The van der Waals surface area contributed by atoms with Crippen molar-refractivity contribution in [2.45, 2.75) is 31.9 Å². The van der Waals surface area contributed by atoms with Crippen LogP contribution in [-0.4, -0.2) is 39.3 Å². The van der Waals surface area contributed by atoms with Gasteiger partial charge in [-0.3, -0.25) is 4.79 Å². The lowest BCUT2D eigenvalue weighted by atomic mass is 10.1. The molecule has 0 aliphatic heterocycles. The molecule has 1 atom stereocenters. The summed E-state index contributed by atoms with van der Waals surface area (Å²) in [7, 11) is 0. The predicted octanol–water partition coefficient (Wildman–Crippen LogP) is 0.292. The van der Waals surface area contributed by atoms with Crippen LogP contribution in [0.25, 0.3) is 0 Å². The average molecular weight is 207 g/mol. The summed E-state index contributed by atoms with van der Waals surface area (Å²) in [5.41, 5.74) is 4.60. The Morgan fingerprint density at radius 3 is 2.54 bits per heavy atom. The molecule has 13 heavy (non-hydrogen) atoms. The Balaban J connectivity index is 3.41. The van der Waals surface area contributed by atoms with Crippen LogP contribution in [0.2, 0.25) is 0 Å². The van der Waals surface area contributed by atoms with Gasteiger partial charge in [0, 0.05) is 5.75 Å². The Labute approximate surface area is 82.5 Å². The second-order valence-electron chi connectivity index (χ2n) is 3.58. The van der Waals surface area contributed by atoms with E-state index in [0.29, 0.717) is 12.2 Å². The molecule has 0 aromatic carbocycles. The lowest BCUT2D eigenvalue weighted by Crippen LogP contribution is -2.32. The number of thioether (sulfide) groups is 1. The Hall–Kier alpha value is -0.260. The Bertz CT molecular complexity index is 167. The maximum absolute atomic E-state index is 10.3. The number of carboxylic acid groups (broad SMARTS) is 1. The zero-order valence-corrected chi connectivity index (χ0v) is 8.80. The van der Waals surface area contributed by atoms with E-state index in [0.717, 1.165) is 5.75 Å². The van der Waals surface area contributed by atoms with Crippen LogP contribution in [-0.2, 0) is 4.79 Å². The Morgan fingerprint density at radius 2 is 2.15 bits per heavy atom. The minimum atomic E-state index is -0.976. The van der Waals surface area contributed by atoms with Crippen molar-refractivity contribution in [2.24, 2.45) is 5.73 Å². The van der Waals surface area contributed by atoms with Gasteiger partial charge in [0.2, 0.25) is 0 Å². The molecule has 0 radical (unpaired) electrons. The quantitative estimate of drug-likeness (QED) is 0.545. The number of rotatable bonds is 6. The Morgan fingerprint density at radius 1 is 1.62 bits per heavy atom. The van der Waals surface area contributed by atoms with Gasteiger partial charge in [0.15, 0.2) is 0 Å². The average Bonchev–Trinajstić information content (AvgIpc) is 1.95. The van der Waals surface area contributed by atoms with Crippen LogP contribution < -0.4 is 5.73 Å². The highest BCUT2D eigenvalue weighted by Gasteiger charge is 2.14. The molecule has 5 heteroatoms. The third-order valence-corrected chi connectivity index (χ3v) is 2.56. The maximum atomic E-state index is 10.3. The molecule has 0 saturated heterocycles. The van der Waals surface area contributed by atoms with Gasteiger partial charge < -0.3 is 15.9 Å². The SMILES string of the molecule is CC(C)(O)CCSC[C@@H](N)C(=O)O. The van der Waals surface area contributed by atoms with Gasteiger partial charge >= 0.3 is 5.97 Å². The molecular weight excluding hydrogens is 190 g/mol. The summed E-state index contributed by atoms with van der Waals surface area (Å²) in [6.45, 7) is 3.45. The van der Waals surface area contributed by atoms with Crippen molar-refractivity contribution in [1.29, 1.82) is 0 Å². The molecule has 4 nitrogen and oxygen atoms in total. The van der Waals surface area contributed by atoms with Gasteiger partial charge in [0.25, 0.3) is 0 Å². The van der Waals surface area contributed by atoms with E-state index in [-0.39, 0.29) is 0 Å². The van der Waals surface area contributed by atoms with E-state index in [1.807, 2.05) is 0 Å². The fourth-order valence-electron chi connectivity index (χ4n) is 0.604. The summed E-state index contributed by atoms with van der Waals surface area (Å²) >= 11 is 1.45. The third kappa shape index (κ3) is 8.08. The van der Waals surface area contributed by atoms with Crippen LogP contribution in [0.3, 0.4) is 0 Å². The molecule has 0 spiro atoms. The molecule has 0 bridgehead atoms. The summed E-state index contributed by atoms with van der Waals surface area (Å²) in [5.74, 6) is 0.145. The molecule has 78 valence electrons. The summed E-state index contributed by atoms with van der Waals surface area (Å²) in [6, 6.07) is -0.799. The highest BCUT2D eigenvalue weighted by atomic mass is 32.2. The lowest BCUT2D eigenvalue weighted by Gasteiger charge is -2.16. The highest BCUT2D eigenvalue weighted by molar-refractivity contribution is 7.99. The topological polar surface area (TPSA) is 83.5 Å². The largest absolute Gasteiger partial charge is 0.480 e. The molecule has 0 aliphatic carbocycles. The fourth-order valence-corrected chi connectivity index (χ4v) is 1.81. The number of carbonyl (C=O) groups is 1. The molecular formula is C8H17NO3S. The molecule has 0 aliphatic rings. The van der Waals surface area contributed by atoms with Gasteiger partial charge in [-0.1, -0.05) is 0 Å². The molecule has 0 saturated carbocycles. The van der Waals surface area contributed by atoms with E-state index in [1.54, 1.807) is 13.8 Å². The normalized spacial score (nSPS) is 14.2. The first kappa shape index (κ1) is 12.7. The minimum absolute atomic E-state index is 0.394. The molecule has 4 N–H and O–H groups in total. The second kappa shape index (κ2) is 5.47. The van der Waals surface area contributed by atoms with E-state index in [2.05, 4.69) is 0 Å². The number of carboxylic acids is 1. The van der Waals surface area contributed by atoms with Gasteiger partial charge in [-0.25, -0.2) is 0 Å². The molecule has 0 heterocycles. The fraction of sp³-hybridized carbons (Fsp3) is 0.875. The number of aliphatic hydroxyl groups is 1. The predicted molar refractivity (Wildman–Crippen MR) is 53.9 cm³/mol. The van der Waals surface area contributed by atoms with Crippen LogP contribution in [0, 0.1) is 0 Å². The van der Waals surface area contributed by atoms with Crippen molar-refractivity contribution in [2.75, 3.05) is 11.5 Å². The summed E-state index contributed by atoms with van der Waals surface area (Å²) in [6.07, 6.45) is 0.643. The van der Waals surface area contributed by atoms with E-state index in [4.69, 9.17) is 10.8 Å². The summed E-state index contributed by atoms with van der Waals surface area (Å²) in [5, 5.41) is 17.8. The molecule has 0 rings (SSSR count). The van der Waals surface area contributed by atoms with Gasteiger partial charge in [-0.05, 0) is 26.0 Å². The van der Waals surface area contributed by atoms with Crippen LogP contribution in [0.1, 0.15) is 20.3 Å². The van der Waals surface area contributed by atoms with E-state index in [1.165, 1.54) is 11.8 Å². The van der Waals surface area contributed by atoms with Gasteiger partial charge in [-0.15, -0.1) is 0 Å². The number of aliphatic carboxylic acids is 1. The monoisotopic (exact) mass is 207 g/mol. The third-order valence-electron chi connectivity index (χ3n) is 1.47. The number of nitrogens with two attached hydrogens (primary N) is 1. The minimum Gasteiger partial charge on any atom is -0.480 e. The molecule has 0 aromatic rings. The molecule has 0 amide bonds. The molecule has 0 unspecified atom stereocenters. The van der Waals surface area contributed by atoms with Crippen molar-refractivity contribution >= 4 is 17.7 Å². The second-order valence-corrected chi connectivity index (χ2v) is 4.73. The van der Waals surface area contributed by atoms with Crippen LogP contribution in [0.5, 0.6) is 0 Å². The van der Waals surface area contributed by atoms with E-state index < -0.39 is 17.6 Å². The smallest absolute Gasteiger partial charge is 0.321 e. The van der Waals surface area contributed by atoms with Gasteiger partial charge in [0.1, 0.15) is 6.04 Å². The van der Waals surface area contributed by atoms with Crippen molar-refractivity contribution in [3.63, 3.8) is 0 Å². The van der Waals surface area contributed by atoms with Crippen molar-refractivity contribution < 1.29 is 15.0 Å². The lowest BCUT2D eigenvalue weighted by molar-refractivity contribution is -0.137. The van der Waals surface area contributed by atoms with Crippen molar-refractivity contribution in [3.05, 3.63) is 0 Å². The van der Waals surface area contributed by atoms with Crippen LogP contribution >= 0.6 is 11.8 Å². The summed E-state index contributed by atoms with van der Waals surface area (Å²) in [4.78, 5) is 10.3. The van der Waals surface area contributed by atoms with E-state index >= 15 is 0 Å². The first-order valence-corrected chi connectivity index (χ1v) is 5.27. The first-order valence-electron chi connectivity index (χ1n) is 4.11. The first-order chi connectivity index (χ1) is 5.83. The van der Waals surface area contributed by atoms with Crippen molar-refractivity contribution in [1.82, 2.24) is 0 Å². The summed E-state index contributed by atoms with van der Waals surface area (Å²) < 4.78 is 0.